The van der Waals surface area contributed by atoms with E-state index in [1.807, 2.05) is 20.8 Å². The van der Waals surface area contributed by atoms with Crippen LogP contribution in [-0.4, -0.2) is 30.8 Å². The molecule has 0 heterocycles. The summed E-state index contributed by atoms with van der Waals surface area (Å²) < 4.78 is 5.18. The van der Waals surface area contributed by atoms with Crippen LogP contribution in [0.3, 0.4) is 0 Å². The Morgan fingerprint density at radius 2 is 1.78 bits per heavy atom. The van der Waals surface area contributed by atoms with Crippen LogP contribution in [-0.2, 0) is 4.74 Å². The molecule has 1 atom stereocenters. The van der Waals surface area contributed by atoms with Gasteiger partial charge in [0.1, 0.15) is 5.60 Å². The molecule has 0 aliphatic carbocycles. The van der Waals surface area contributed by atoms with Gasteiger partial charge in [-0.3, -0.25) is 0 Å². The lowest BCUT2D eigenvalue weighted by atomic mass is 9.90. The molecule has 0 radical (unpaired) electrons. The van der Waals surface area contributed by atoms with Crippen molar-refractivity contribution in [1.82, 2.24) is 10.6 Å². The van der Waals surface area contributed by atoms with Crippen molar-refractivity contribution in [3.05, 3.63) is 0 Å². The van der Waals surface area contributed by atoms with Crippen LogP contribution in [0, 0.1) is 5.41 Å². The van der Waals surface area contributed by atoms with Crippen molar-refractivity contribution in [2.45, 2.75) is 66.5 Å². The number of carbonyl (C=O) groups is 1. The highest BCUT2D eigenvalue weighted by Crippen LogP contribution is 2.17. The summed E-state index contributed by atoms with van der Waals surface area (Å²) in [6.07, 6.45) is 0.776. The summed E-state index contributed by atoms with van der Waals surface area (Å²) in [6, 6.07) is 0.239. The number of nitrogens with one attached hydrogen (secondary N) is 2. The summed E-state index contributed by atoms with van der Waals surface area (Å²) in [6.45, 7) is 15.8. The number of amides is 1. The number of ether oxygens (including phenoxy) is 1. The van der Waals surface area contributed by atoms with E-state index in [-0.39, 0.29) is 12.1 Å². The van der Waals surface area contributed by atoms with Gasteiger partial charge in [-0.05, 0) is 39.5 Å². The zero-order valence-electron chi connectivity index (χ0n) is 13.0. The van der Waals surface area contributed by atoms with Crippen molar-refractivity contribution in [3.8, 4) is 0 Å². The van der Waals surface area contributed by atoms with E-state index in [1.165, 1.54) is 0 Å². The summed E-state index contributed by atoms with van der Waals surface area (Å²) in [7, 11) is 0. The summed E-state index contributed by atoms with van der Waals surface area (Å²) in [4.78, 5) is 11.5. The van der Waals surface area contributed by atoms with Crippen molar-refractivity contribution in [3.63, 3.8) is 0 Å². The Morgan fingerprint density at radius 1 is 1.22 bits per heavy atom. The van der Waals surface area contributed by atoms with Crippen molar-refractivity contribution in [1.29, 1.82) is 0 Å². The Kier molecular flexibility index (Phi) is 6.68. The molecule has 18 heavy (non-hydrogen) atoms. The van der Waals surface area contributed by atoms with Crippen molar-refractivity contribution < 1.29 is 9.53 Å². The molecule has 4 nitrogen and oxygen atoms in total. The maximum Gasteiger partial charge on any atom is 0.407 e. The van der Waals surface area contributed by atoms with Gasteiger partial charge in [0.2, 0.25) is 0 Å². The molecule has 1 unspecified atom stereocenters. The number of hydrogen-bond donors (Lipinski definition) is 2. The first kappa shape index (κ1) is 17.2. The molecule has 4 heteroatoms. The normalized spacial score (nSPS) is 14.2. The van der Waals surface area contributed by atoms with Crippen LogP contribution in [0.1, 0.15) is 54.9 Å². The first-order valence-corrected chi connectivity index (χ1v) is 6.76. The minimum absolute atomic E-state index is 0.239. The molecule has 0 rings (SSSR count). The van der Waals surface area contributed by atoms with Gasteiger partial charge in [-0.15, -0.1) is 0 Å². The third-order valence-corrected chi connectivity index (χ3v) is 2.84. The standard InChI is InChI=1S/C14H30N2O2/c1-8-14(6,7)10-16-11(2)9-15-12(17)18-13(3,4)5/h11,16H,8-10H2,1-7H3,(H,15,17). The van der Waals surface area contributed by atoms with E-state index in [0.717, 1.165) is 13.0 Å². The minimum Gasteiger partial charge on any atom is -0.444 e. The van der Waals surface area contributed by atoms with Gasteiger partial charge in [-0.1, -0.05) is 20.8 Å². The first-order valence-electron chi connectivity index (χ1n) is 6.76. The minimum atomic E-state index is -0.440. The van der Waals surface area contributed by atoms with E-state index in [1.54, 1.807) is 0 Å². The van der Waals surface area contributed by atoms with Crippen LogP contribution in [0.4, 0.5) is 4.79 Å². The van der Waals surface area contributed by atoms with Gasteiger partial charge in [-0.2, -0.15) is 0 Å². The van der Waals surface area contributed by atoms with Gasteiger partial charge < -0.3 is 15.4 Å². The van der Waals surface area contributed by atoms with E-state index >= 15 is 0 Å². The Bertz CT molecular complexity index is 257. The number of rotatable bonds is 6. The Hall–Kier alpha value is -0.770. The fourth-order valence-corrected chi connectivity index (χ4v) is 1.20. The first-order chi connectivity index (χ1) is 8.06. The van der Waals surface area contributed by atoms with Crippen LogP contribution in [0.5, 0.6) is 0 Å². The Labute approximate surface area is 112 Å². The zero-order chi connectivity index (χ0) is 14.4. The topological polar surface area (TPSA) is 50.4 Å². The Morgan fingerprint density at radius 3 is 2.22 bits per heavy atom. The largest absolute Gasteiger partial charge is 0.444 e. The fraction of sp³-hybridized carbons (Fsp3) is 0.929. The van der Waals surface area contributed by atoms with Crippen molar-refractivity contribution in [2.24, 2.45) is 5.41 Å². The molecule has 0 aliphatic heterocycles. The maximum absolute atomic E-state index is 11.5. The quantitative estimate of drug-likeness (QED) is 0.770. The molecule has 0 aromatic rings. The average Bonchev–Trinajstić information content (AvgIpc) is 2.21. The summed E-state index contributed by atoms with van der Waals surface area (Å²) in [5.74, 6) is 0. The van der Waals surface area contributed by atoms with Gasteiger partial charge in [0.15, 0.2) is 0 Å². The van der Waals surface area contributed by atoms with E-state index in [9.17, 15) is 4.79 Å². The van der Waals surface area contributed by atoms with Crippen LogP contribution >= 0.6 is 0 Å². The molecule has 0 aliphatic rings. The van der Waals surface area contributed by atoms with Crippen LogP contribution in [0.25, 0.3) is 0 Å². The zero-order valence-corrected chi connectivity index (χ0v) is 13.0. The molecule has 0 saturated carbocycles. The van der Waals surface area contributed by atoms with Gasteiger partial charge in [0, 0.05) is 19.1 Å². The smallest absolute Gasteiger partial charge is 0.407 e. The highest BCUT2D eigenvalue weighted by molar-refractivity contribution is 5.67. The van der Waals surface area contributed by atoms with E-state index in [2.05, 4.69) is 38.3 Å². The van der Waals surface area contributed by atoms with E-state index in [4.69, 9.17) is 4.74 Å². The molecule has 0 aromatic heterocycles. The van der Waals surface area contributed by atoms with Gasteiger partial charge in [0.05, 0.1) is 0 Å². The predicted octanol–water partition coefficient (Wildman–Crippen LogP) is 2.93. The van der Waals surface area contributed by atoms with Gasteiger partial charge >= 0.3 is 6.09 Å². The predicted molar refractivity (Wildman–Crippen MR) is 75.8 cm³/mol. The number of alkyl carbamates (subject to hydrolysis) is 1. The summed E-state index contributed by atoms with van der Waals surface area (Å²) >= 11 is 0. The molecule has 1 amide bonds. The molecular weight excluding hydrogens is 228 g/mol. The lowest BCUT2D eigenvalue weighted by Gasteiger charge is -2.26. The lowest BCUT2D eigenvalue weighted by Crippen LogP contribution is -2.43. The van der Waals surface area contributed by atoms with E-state index in [0.29, 0.717) is 12.0 Å². The second-order valence-electron chi connectivity index (χ2n) is 6.68. The monoisotopic (exact) mass is 258 g/mol. The molecule has 0 fully saturated rings. The van der Waals surface area contributed by atoms with Gasteiger partial charge in [0.25, 0.3) is 0 Å². The molecular formula is C14H30N2O2. The third kappa shape index (κ3) is 9.28. The second-order valence-corrected chi connectivity index (χ2v) is 6.68. The molecule has 0 aromatic carbocycles. The Balaban J connectivity index is 3.84. The molecule has 0 spiro atoms. The third-order valence-electron chi connectivity index (χ3n) is 2.84. The summed E-state index contributed by atoms with van der Waals surface area (Å²) in [5, 5.41) is 6.19. The highest BCUT2D eigenvalue weighted by Gasteiger charge is 2.18. The molecule has 108 valence electrons. The second kappa shape index (κ2) is 6.98. The molecule has 0 bridgehead atoms. The van der Waals surface area contributed by atoms with Crippen molar-refractivity contribution >= 4 is 6.09 Å². The van der Waals surface area contributed by atoms with Crippen molar-refractivity contribution in [2.75, 3.05) is 13.1 Å². The SMILES string of the molecule is CCC(C)(C)CNC(C)CNC(=O)OC(C)(C)C. The number of carbonyl (C=O) groups excluding carboxylic acids is 1. The molecule has 2 N–H and O–H groups in total. The van der Waals surface area contributed by atoms with Gasteiger partial charge in [-0.25, -0.2) is 4.79 Å². The number of hydrogen-bond acceptors (Lipinski definition) is 3. The average molecular weight is 258 g/mol. The maximum atomic E-state index is 11.5. The fourth-order valence-electron chi connectivity index (χ4n) is 1.20. The van der Waals surface area contributed by atoms with E-state index < -0.39 is 5.60 Å². The van der Waals surface area contributed by atoms with Crippen LogP contribution < -0.4 is 10.6 Å². The summed E-state index contributed by atoms with van der Waals surface area (Å²) in [5.41, 5.74) is -0.148. The lowest BCUT2D eigenvalue weighted by molar-refractivity contribution is 0.0523. The highest BCUT2D eigenvalue weighted by atomic mass is 16.6. The molecule has 0 saturated heterocycles. The van der Waals surface area contributed by atoms with Crippen LogP contribution in [0.15, 0.2) is 0 Å². The van der Waals surface area contributed by atoms with Crippen LogP contribution in [0.2, 0.25) is 0 Å².